The molecule has 2 aromatic rings. The van der Waals surface area contributed by atoms with Crippen LogP contribution in [0.1, 0.15) is 30.5 Å². The molecule has 6 heteroatoms. The van der Waals surface area contributed by atoms with Gasteiger partial charge in [-0.15, -0.1) is 0 Å². The second kappa shape index (κ2) is 8.58. The monoisotopic (exact) mass is 376 g/mol. The van der Waals surface area contributed by atoms with E-state index >= 15 is 0 Å². The minimum atomic E-state index is -4.42. The minimum Gasteiger partial charge on any atom is -0.491 e. The highest BCUT2D eigenvalue weighted by Gasteiger charge is 2.30. The predicted octanol–water partition coefficient (Wildman–Crippen LogP) is 5.57. The Morgan fingerprint density at radius 3 is 2.30 bits per heavy atom. The number of carboxylic acid groups (broad SMARTS) is 1. The highest BCUT2D eigenvalue weighted by atomic mass is 19.4. The van der Waals surface area contributed by atoms with Gasteiger partial charge in [-0.05, 0) is 54.8 Å². The van der Waals surface area contributed by atoms with Crippen molar-refractivity contribution in [1.29, 1.82) is 0 Å². The number of halogens is 3. The van der Waals surface area contributed by atoms with Gasteiger partial charge in [0.05, 0.1) is 11.7 Å². The summed E-state index contributed by atoms with van der Waals surface area (Å²) in [6, 6.07) is 11.8. The van der Waals surface area contributed by atoms with Gasteiger partial charge in [-0.2, -0.15) is 13.2 Å². The lowest BCUT2D eigenvalue weighted by Gasteiger charge is -2.14. The Morgan fingerprint density at radius 2 is 1.74 bits per heavy atom. The first-order valence-corrected chi connectivity index (χ1v) is 8.23. The topological polar surface area (TPSA) is 46.5 Å². The maximum Gasteiger partial charge on any atom is 0.416 e. The van der Waals surface area contributed by atoms with Crippen LogP contribution in [0.2, 0.25) is 0 Å². The summed E-state index contributed by atoms with van der Waals surface area (Å²) in [5.74, 6) is -0.502. The zero-order valence-electron chi connectivity index (χ0n) is 14.8. The molecule has 0 aliphatic heterocycles. The number of alkyl halides is 3. The number of hydrogen-bond donors (Lipinski definition) is 1. The van der Waals surface area contributed by atoms with Crippen molar-refractivity contribution in [3.8, 4) is 5.75 Å². The molecule has 2 aromatic carbocycles. The molecule has 0 atom stereocenters. The van der Waals surface area contributed by atoms with Crippen LogP contribution in [0.5, 0.6) is 5.75 Å². The second-order valence-corrected chi connectivity index (χ2v) is 6.05. The van der Waals surface area contributed by atoms with E-state index in [1.807, 2.05) is 13.8 Å². The Morgan fingerprint density at radius 1 is 1.07 bits per heavy atom. The molecule has 0 unspecified atom stereocenters. The van der Waals surface area contributed by atoms with E-state index in [4.69, 9.17) is 9.84 Å². The van der Waals surface area contributed by atoms with Crippen molar-refractivity contribution in [1.82, 2.24) is 0 Å². The number of carbonyl (C=O) groups is 1. The predicted molar refractivity (Wildman–Crippen MR) is 97.5 cm³/mol. The summed E-state index contributed by atoms with van der Waals surface area (Å²) in [5, 5.41) is 8.78. The van der Waals surface area contributed by atoms with E-state index in [0.717, 1.165) is 18.2 Å². The molecule has 0 aliphatic rings. The molecule has 142 valence electrons. The Kier molecular flexibility index (Phi) is 6.45. The van der Waals surface area contributed by atoms with Crippen LogP contribution in [0, 0.1) is 0 Å². The molecule has 0 saturated heterocycles. The molecule has 1 N–H and O–H groups in total. The van der Waals surface area contributed by atoms with Crippen molar-refractivity contribution in [3.63, 3.8) is 0 Å². The molecule has 3 nitrogen and oxygen atoms in total. The molecule has 2 rings (SSSR count). The van der Waals surface area contributed by atoms with Crippen molar-refractivity contribution >= 4 is 11.5 Å². The normalized spacial score (nSPS) is 12.6. The number of carboxylic acids is 1. The molecular weight excluding hydrogens is 357 g/mol. The zero-order valence-corrected chi connectivity index (χ0v) is 14.8. The molecular formula is C21H19F3O3. The van der Waals surface area contributed by atoms with Crippen LogP contribution in [0.4, 0.5) is 13.2 Å². The lowest BCUT2D eigenvalue weighted by molar-refractivity contribution is -0.137. The Balaban J connectivity index is 2.48. The second-order valence-electron chi connectivity index (χ2n) is 6.05. The summed E-state index contributed by atoms with van der Waals surface area (Å²) >= 11 is 0. The van der Waals surface area contributed by atoms with Crippen LogP contribution in [-0.2, 0) is 11.0 Å². The SMILES string of the molecule is CC(C)Oc1cccc(/C(=C\C=C\C(=O)O)c2ccc(C(F)(F)F)cc2)c1. The Hall–Kier alpha value is -3.02. The Labute approximate surface area is 155 Å². The van der Waals surface area contributed by atoms with Crippen molar-refractivity contribution < 1.29 is 27.8 Å². The summed E-state index contributed by atoms with van der Waals surface area (Å²) in [6.45, 7) is 3.77. The van der Waals surface area contributed by atoms with Crippen molar-refractivity contribution in [2.75, 3.05) is 0 Å². The van der Waals surface area contributed by atoms with Gasteiger partial charge in [0.15, 0.2) is 0 Å². The van der Waals surface area contributed by atoms with Crippen molar-refractivity contribution in [2.45, 2.75) is 26.1 Å². The van der Waals surface area contributed by atoms with Gasteiger partial charge in [0.1, 0.15) is 5.75 Å². The van der Waals surface area contributed by atoms with Crippen LogP contribution >= 0.6 is 0 Å². The fourth-order valence-electron chi connectivity index (χ4n) is 2.43. The molecule has 0 aliphatic carbocycles. The maximum atomic E-state index is 12.8. The molecule has 0 amide bonds. The van der Waals surface area contributed by atoms with Crippen molar-refractivity contribution in [2.24, 2.45) is 0 Å². The van der Waals surface area contributed by atoms with Crippen LogP contribution in [0.25, 0.3) is 5.57 Å². The first kappa shape index (κ1) is 20.3. The minimum absolute atomic E-state index is 0.0364. The van der Waals surface area contributed by atoms with Gasteiger partial charge in [0, 0.05) is 6.08 Å². The lowest BCUT2D eigenvalue weighted by atomic mass is 9.96. The number of rotatable bonds is 6. The number of aliphatic carboxylic acids is 1. The number of benzene rings is 2. The van der Waals surface area contributed by atoms with E-state index in [0.29, 0.717) is 22.4 Å². The van der Waals surface area contributed by atoms with E-state index in [2.05, 4.69) is 0 Å². The third-order valence-electron chi connectivity index (χ3n) is 3.54. The van der Waals surface area contributed by atoms with E-state index in [9.17, 15) is 18.0 Å². The quantitative estimate of drug-likeness (QED) is 0.530. The smallest absolute Gasteiger partial charge is 0.416 e. The van der Waals surface area contributed by atoms with E-state index in [-0.39, 0.29) is 6.10 Å². The zero-order chi connectivity index (χ0) is 20.0. The summed E-state index contributed by atoms with van der Waals surface area (Å²) < 4.78 is 44.1. The van der Waals surface area contributed by atoms with E-state index in [1.54, 1.807) is 30.3 Å². The Bertz CT molecular complexity index is 848. The maximum absolute atomic E-state index is 12.8. The van der Waals surface area contributed by atoms with Gasteiger partial charge in [-0.1, -0.05) is 36.4 Å². The molecule has 0 spiro atoms. The van der Waals surface area contributed by atoms with Crippen LogP contribution in [-0.4, -0.2) is 17.2 Å². The fraction of sp³-hybridized carbons (Fsp3) is 0.190. The summed E-state index contributed by atoms with van der Waals surface area (Å²) in [7, 11) is 0. The van der Waals surface area contributed by atoms with Crippen molar-refractivity contribution in [3.05, 3.63) is 83.4 Å². The lowest BCUT2D eigenvalue weighted by Crippen LogP contribution is -2.06. The first-order valence-electron chi connectivity index (χ1n) is 8.23. The number of hydrogen-bond acceptors (Lipinski definition) is 2. The third kappa shape index (κ3) is 6.02. The summed E-state index contributed by atoms with van der Waals surface area (Å²) in [5.41, 5.74) is 1.06. The third-order valence-corrected chi connectivity index (χ3v) is 3.54. The van der Waals surface area contributed by atoms with Gasteiger partial charge in [0.25, 0.3) is 0 Å². The molecule has 27 heavy (non-hydrogen) atoms. The highest BCUT2D eigenvalue weighted by Crippen LogP contribution is 2.32. The molecule has 0 radical (unpaired) electrons. The molecule has 0 fully saturated rings. The van der Waals surface area contributed by atoms with Gasteiger partial charge in [-0.25, -0.2) is 4.79 Å². The largest absolute Gasteiger partial charge is 0.491 e. The summed E-state index contributed by atoms with van der Waals surface area (Å²) in [6.07, 6.45) is -0.614. The highest BCUT2D eigenvalue weighted by molar-refractivity contribution is 5.84. The van der Waals surface area contributed by atoms with E-state index in [1.165, 1.54) is 18.2 Å². The van der Waals surface area contributed by atoms with Gasteiger partial charge >= 0.3 is 12.1 Å². The molecule has 0 aromatic heterocycles. The average molecular weight is 376 g/mol. The molecule has 0 bridgehead atoms. The standard InChI is InChI=1S/C21H19F3O3/c1-14(2)27-18-6-3-5-16(13-18)19(7-4-8-20(25)26)15-9-11-17(12-10-15)21(22,23)24/h3-14H,1-2H3,(H,25,26)/b8-4+,19-7-. The summed E-state index contributed by atoms with van der Waals surface area (Å²) in [4.78, 5) is 10.7. The average Bonchev–Trinajstić information content (AvgIpc) is 2.57. The molecule has 0 heterocycles. The van der Waals surface area contributed by atoms with Crippen LogP contribution < -0.4 is 4.74 Å². The van der Waals surface area contributed by atoms with Gasteiger partial charge in [0.2, 0.25) is 0 Å². The van der Waals surface area contributed by atoms with Gasteiger partial charge in [-0.3, -0.25) is 0 Å². The first-order chi connectivity index (χ1) is 12.7. The van der Waals surface area contributed by atoms with Gasteiger partial charge < -0.3 is 9.84 Å². The number of ether oxygens (including phenoxy) is 1. The number of allylic oxidation sites excluding steroid dienone is 2. The van der Waals surface area contributed by atoms with Crippen LogP contribution in [0.15, 0.2) is 66.8 Å². The fourth-order valence-corrected chi connectivity index (χ4v) is 2.43. The molecule has 0 saturated carbocycles. The van der Waals surface area contributed by atoms with E-state index < -0.39 is 17.7 Å². The van der Waals surface area contributed by atoms with Crippen LogP contribution in [0.3, 0.4) is 0 Å².